The van der Waals surface area contributed by atoms with Gasteiger partial charge in [0.2, 0.25) is 5.76 Å². The highest BCUT2D eigenvalue weighted by atomic mass is 35.5. The van der Waals surface area contributed by atoms with Gasteiger partial charge in [0, 0.05) is 16.8 Å². The fraction of sp³-hybridized carbons (Fsp3) is 0.154. The van der Waals surface area contributed by atoms with Crippen molar-refractivity contribution in [1.82, 2.24) is 0 Å². The summed E-state index contributed by atoms with van der Waals surface area (Å²) in [6.45, 7) is 2.39. The van der Waals surface area contributed by atoms with Crippen LogP contribution in [0.15, 0.2) is 75.9 Å². The molecule has 0 spiro atoms. The van der Waals surface area contributed by atoms with Crippen LogP contribution in [0.4, 0.5) is 5.69 Å². The molecule has 1 amide bonds. The molecule has 4 aromatic rings. The SMILES string of the molecule is CCOc1cccc(C2c3c(oc4ccc(Cl)cc4c3=O)C(=O)N2c2cccc(OC)c2)c1. The lowest BCUT2D eigenvalue weighted by atomic mass is 9.98. The van der Waals surface area contributed by atoms with Crippen LogP contribution in [0.2, 0.25) is 5.02 Å². The van der Waals surface area contributed by atoms with E-state index < -0.39 is 11.9 Å². The van der Waals surface area contributed by atoms with Gasteiger partial charge < -0.3 is 13.9 Å². The van der Waals surface area contributed by atoms with Crippen molar-refractivity contribution in [2.24, 2.45) is 0 Å². The Balaban J connectivity index is 1.79. The van der Waals surface area contributed by atoms with Crippen LogP contribution in [0.5, 0.6) is 11.5 Å². The van der Waals surface area contributed by atoms with Crippen molar-refractivity contribution >= 4 is 34.2 Å². The minimum Gasteiger partial charge on any atom is -0.497 e. The lowest BCUT2D eigenvalue weighted by Crippen LogP contribution is -2.29. The van der Waals surface area contributed by atoms with Gasteiger partial charge in [0.05, 0.1) is 30.7 Å². The van der Waals surface area contributed by atoms with Crippen LogP contribution in [-0.2, 0) is 0 Å². The molecule has 1 aromatic heterocycles. The number of nitrogens with zero attached hydrogens (tertiary/aromatic N) is 1. The van der Waals surface area contributed by atoms with Crippen LogP contribution >= 0.6 is 11.6 Å². The molecule has 6 nitrogen and oxygen atoms in total. The average molecular weight is 462 g/mol. The molecule has 0 N–H and O–H groups in total. The Bertz CT molecular complexity index is 1440. The first-order valence-electron chi connectivity index (χ1n) is 10.5. The van der Waals surface area contributed by atoms with E-state index in [-0.39, 0.29) is 16.8 Å². The van der Waals surface area contributed by atoms with Crippen LogP contribution in [0, 0.1) is 0 Å². The van der Waals surface area contributed by atoms with Gasteiger partial charge in [-0.05, 0) is 55.0 Å². The molecule has 166 valence electrons. The number of benzene rings is 3. The largest absolute Gasteiger partial charge is 0.497 e. The van der Waals surface area contributed by atoms with Crippen LogP contribution in [0.1, 0.15) is 34.6 Å². The van der Waals surface area contributed by atoms with Gasteiger partial charge in [-0.1, -0.05) is 29.8 Å². The van der Waals surface area contributed by atoms with E-state index in [1.54, 1.807) is 54.5 Å². The fourth-order valence-corrected chi connectivity index (χ4v) is 4.40. The quantitative estimate of drug-likeness (QED) is 0.386. The van der Waals surface area contributed by atoms with Gasteiger partial charge in [-0.2, -0.15) is 0 Å². The summed E-state index contributed by atoms with van der Waals surface area (Å²) < 4.78 is 17.0. The molecule has 0 saturated heterocycles. The van der Waals surface area contributed by atoms with Crippen molar-refractivity contribution in [2.75, 3.05) is 18.6 Å². The number of fused-ring (bicyclic) bond motifs is 2. The van der Waals surface area contributed by atoms with Gasteiger partial charge in [-0.15, -0.1) is 0 Å². The summed E-state index contributed by atoms with van der Waals surface area (Å²) in [5.74, 6) is 0.854. The number of amides is 1. The van der Waals surface area contributed by atoms with Crippen LogP contribution < -0.4 is 19.8 Å². The molecule has 1 aliphatic heterocycles. The maximum Gasteiger partial charge on any atom is 0.295 e. The molecule has 0 fully saturated rings. The van der Waals surface area contributed by atoms with E-state index in [1.165, 1.54) is 0 Å². The van der Waals surface area contributed by atoms with Crippen molar-refractivity contribution in [3.63, 3.8) is 0 Å². The Kier molecular flexibility index (Phi) is 5.30. The summed E-state index contributed by atoms with van der Waals surface area (Å²) in [6, 6.07) is 18.6. The van der Waals surface area contributed by atoms with Crippen LogP contribution in [0.25, 0.3) is 11.0 Å². The lowest BCUT2D eigenvalue weighted by Gasteiger charge is -2.26. The Morgan fingerprint density at radius 1 is 1.00 bits per heavy atom. The van der Waals surface area contributed by atoms with Crippen molar-refractivity contribution in [1.29, 1.82) is 0 Å². The topological polar surface area (TPSA) is 69.0 Å². The highest BCUT2D eigenvalue weighted by Gasteiger charge is 2.43. The number of rotatable bonds is 5. The average Bonchev–Trinajstić information content (AvgIpc) is 3.12. The molecule has 1 atom stereocenters. The smallest absolute Gasteiger partial charge is 0.295 e. The minimum absolute atomic E-state index is 0.0180. The van der Waals surface area contributed by atoms with E-state index in [9.17, 15) is 9.59 Å². The summed E-state index contributed by atoms with van der Waals surface area (Å²) in [4.78, 5) is 28.9. The molecule has 0 radical (unpaired) electrons. The summed E-state index contributed by atoms with van der Waals surface area (Å²) in [5, 5.41) is 0.742. The Morgan fingerprint density at radius 3 is 2.58 bits per heavy atom. The van der Waals surface area contributed by atoms with Gasteiger partial charge in [0.15, 0.2) is 5.43 Å². The number of hydrogen-bond donors (Lipinski definition) is 0. The zero-order valence-corrected chi connectivity index (χ0v) is 18.8. The first kappa shape index (κ1) is 21.1. The Morgan fingerprint density at radius 2 is 1.79 bits per heavy atom. The molecule has 33 heavy (non-hydrogen) atoms. The Labute approximate surface area is 194 Å². The summed E-state index contributed by atoms with van der Waals surface area (Å²) in [5.41, 5.74) is 1.60. The number of anilines is 1. The van der Waals surface area contributed by atoms with Crippen LogP contribution in [0.3, 0.4) is 0 Å². The number of carbonyl (C=O) groups excluding carboxylic acids is 1. The van der Waals surface area contributed by atoms with Gasteiger partial charge in [0.1, 0.15) is 17.1 Å². The molecule has 2 heterocycles. The van der Waals surface area contributed by atoms with Crippen molar-refractivity contribution in [3.8, 4) is 11.5 Å². The number of ether oxygens (including phenoxy) is 2. The van der Waals surface area contributed by atoms with E-state index >= 15 is 0 Å². The van der Waals surface area contributed by atoms with Crippen molar-refractivity contribution < 1.29 is 18.7 Å². The number of carbonyl (C=O) groups is 1. The minimum atomic E-state index is -0.709. The second-order valence-electron chi connectivity index (χ2n) is 7.60. The second-order valence-corrected chi connectivity index (χ2v) is 8.04. The third-order valence-electron chi connectivity index (χ3n) is 5.65. The zero-order chi connectivity index (χ0) is 23.1. The van der Waals surface area contributed by atoms with Gasteiger partial charge >= 0.3 is 0 Å². The third-order valence-corrected chi connectivity index (χ3v) is 5.88. The zero-order valence-electron chi connectivity index (χ0n) is 18.0. The molecule has 7 heteroatoms. The maximum atomic E-state index is 13.7. The van der Waals surface area contributed by atoms with E-state index in [4.69, 9.17) is 25.5 Å². The molecule has 3 aromatic carbocycles. The monoisotopic (exact) mass is 461 g/mol. The molecule has 0 saturated carbocycles. The molecular weight excluding hydrogens is 442 g/mol. The molecule has 0 aliphatic carbocycles. The first-order valence-corrected chi connectivity index (χ1v) is 10.9. The summed E-state index contributed by atoms with van der Waals surface area (Å²) in [7, 11) is 1.56. The summed E-state index contributed by atoms with van der Waals surface area (Å²) >= 11 is 6.15. The highest BCUT2D eigenvalue weighted by Crippen LogP contribution is 2.42. The van der Waals surface area contributed by atoms with E-state index in [2.05, 4.69) is 0 Å². The van der Waals surface area contributed by atoms with Crippen molar-refractivity contribution in [3.05, 3.63) is 98.9 Å². The van der Waals surface area contributed by atoms with Crippen LogP contribution in [-0.4, -0.2) is 19.6 Å². The van der Waals surface area contributed by atoms with Crippen molar-refractivity contribution in [2.45, 2.75) is 13.0 Å². The third kappa shape index (κ3) is 3.52. The van der Waals surface area contributed by atoms with Gasteiger partial charge in [0.25, 0.3) is 5.91 Å². The number of hydrogen-bond acceptors (Lipinski definition) is 5. The maximum absolute atomic E-state index is 13.7. The fourth-order valence-electron chi connectivity index (χ4n) is 4.23. The summed E-state index contributed by atoms with van der Waals surface area (Å²) in [6.07, 6.45) is 0. The highest BCUT2D eigenvalue weighted by molar-refractivity contribution is 6.31. The van der Waals surface area contributed by atoms with E-state index in [1.807, 2.05) is 31.2 Å². The molecular formula is C26H20ClNO5. The first-order chi connectivity index (χ1) is 16.0. The predicted octanol–water partition coefficient (Wildman–Crippen LogP) is 5.60. The predicted molar refractivity (Wildman–Crippen MR) is 127 cm³/mol. The standard InChI is InChI=1S/C26H20ClNO5/c1-3-32-19-9-4-6-15(12-19)23-22-24(29)20-13-16(27)10-11-21(20)33-25(22)26(30)28(23)17-7-5-8-18(14-17)31-2/h4-14,23H,3H2,1-2H3. The lowest BCUT2D eigenvalue weighted by molar-refractivity contribution is 0.0971. The van der Waals surface area contributed by atoms with Gasteiger partial charge in [-0.3, -0.25) is 14.5 Å². The molecule has 5 rings (SSSR count). The molecule has 0 bridgehead atoms. The van der Waals surface area contributed by atoms with E-state index in [0.717, 1.165) is 5.56 Å². The molecule has 1 unspecified atom stereocenters. The number of halogens is 1. The van der Waals surface area contributed by atoms with E-state index in [0.29, 0.717) is 39.8 Å². The Hall–Kier alpha value is -3.77. The number of methoxy groups -OCH3 is 1. The second kappa shape index (κ2) is 8.30. The normalized spacial score (nSPS) is 15.1. The molecule has 1 aliphatic rings. The van der Waals surface area contributed by atoms with Gasteiger partial charge in [-0.25, -0.2) is 0 Å².